The molecular formula is C15H19ClN2O. The van der Waals surface area contributed by atoms with Gasteiger partial charge in [-0.15, -0.1) is 0 Å². The largest absolute Gasteiger partial charge is 0.292 e. The van der Waals surface area contributed by atoms with Gasteiger partial charge in [-0.25, -0.2) is 0 Å². The molecular weight excluding hydrogens is 260 g/mol. The second-order valence-electron chi connectivity index (χ2n) is 4.79. The van der Waals surface area contributed by atoms with E-state index in [1.807, 2.05) is 25.7 Å². The Morgan fingerprint density at radius 1 is 1.42 bits per heavy atom. The molecule has 102 valence electrons. The van der Waals surface area contributed by atoms with Crippen molar-refractivity contribution >= 4 is 17.4 Å². The van der Waals surface area contributed by atoms with Crippen LogP contribution >= 0.6 is 11.6 Å². The Balaban J connectivity index is 2.87. The number of hydrogen-bond donors (Lipinski definition) is 0. The van der Waals surface area contributed by atoms with Crippen molar-refractivity contribution in [1.29, 1.82) is 5.26 Å². The summed E-state index contributed by atoms with van der Waals surface area (Å²) in [5, 5.41) is 9.25. The van der Waals surface area contributed by atoms with Crippen LogP contribution in [0.15, 0.2) is 24.3 Å². The highest BCUT2D eigenvalue weighted by atomic mass is 35.5. The van der Waals surface area contributed by atoms with Crippen molar-refractivity contribution < 1.29 is 4.79 Å². The number of carbonyl (C=O) groups is 1. The summed E-state index contributed by atoms with van der Waals surface area (Å²) in [6.45, 7) is 6.53. The lowest BCUT2D eigenvalue weighted by Crippen LogP contribution is -2.43. The highest BCUT2D eigenvalue weighted by Crippen LogP contribution is 2.16. The first kappa shape index (κ1) is 15.7. The third kappa shape index (κ3) is 4.34. The van der Waals surface area contributed by atoms with Crippen LogP contribution < -0.4 is 0 Å². The molecule has 1 aromatic carbocycles. The number of nitrogens with zero attached hydrogens (tertiary/aromatic N) is 2. The molecule has 0 aliphatic heterocycles. The third-order valence-electron chi connectivity index (χ3n) is 3.13. The van der Waals surface area contributed by atoms with E-state index in [2.05, 4.69) is 6.07 Å². The van der Waals surface area contributed by atoms with Gasteiger partial charge in [-0.1, -0.05) is 23.7 Å². The standard InChI is InChI=1S/C15H19ClN2O/c1-11(2)18(9-5-8-17)12(3)15(19)13-6-4-7-14(16)10-13/h4,6-7,10-12H,5,9H2,1-3H3. The van der Waals surface area contributed by atoms with Crippen molar-refractivity contribution in [3.05, 3.63) is 34.9 Å². The fourth-order valence-electron chi connectivity index (χ4n) is 2.11. The summed E-state index contributed by atoms with van der Waals surface area (Å²) in [5.41, 5.74) is 0.614. The van der Waals surface area contributed by atoms with E-state index in [4.69, 9.17) is 16.9 Å². The Kier molecular flexibility index (Phi) is 6.01. The highest BCUT2D eigenvalue weighted by molar-refractivity contribution is 6.31. The second-order valence-corrected chi connectivity index (χ2v) is 5.23. The van der Waals surface area contributed by atoms with Gasteiger partial charge >= 0.3 is 0 Å². The van der Waals surface area contributed by atoms with Crippen LogP contribution in [0, 0.1) is 11.3 Å². The maximum atomic E-state index is 12.4. The normalized spacial score (nSPS) is 12.5. The highest BCUT2D eigenvalue weighted by Gasteiger charge is 2.24. The van der Waals surface area contributed by atoms with Crippen LogP contribution in [0.4, 0.5) is 0 Å². The van der Waals surface area contributed by atoms with E-state index in [0.29, 0.717) is 23.6 Å². The lowest BCUT2D eigenvalue weighted by Gasteiger charge is -2.31. The molecule has 0 aliphatic carbocycles. The topological polar surface area (TPSA) is 44.1 Å². The molecule has 1 rings (SSSR count). The van der Waals surface area contributed by atoms with Gasteiger partial charge in [0.25, 0.3) is 0 Å². The SMILES string of the molecule is CC(C)N(CCC#N)C(C)C(=O)c1cccc(Cl)c1. The molecule has 3 nitrogen and oxygen atoms in total. The van der Waals surface area contributed by atoms with Gasteiger partial charge in [-0.2, -0.15) is 5.26 Å². The van der Waals surface area contributed by atoms with E-state index in [1.54, 1.807) is 24.3 Å². The Morgan fingerprint density at radius 3 is 2.63 bits per heavy atom. The van der Waals surface area contributed by atoms with Crippen LogP contribution in [0.1, 0.15) is 37.6 Å². The van der Waals surface area contributed by atoms with Gasteiger partial charge in [0.15, 0.2) is 5.78 Å². The van der Waals surface area contributed by atoms with Crippen molar-refractivity contribution in [2.24, 2.45) is 0 Å². The van der Waals surface area contributed by atoms with Gasteiger partial charge in [0, 0.05) is 29.6 Å². The van der Waals surface area contributed by atoms with E-state index in [9.17, 15) is 4.79 Å². The van der Waals surface area contributed by atoms with Gasteiger partial charge in [0.2, 0.25) is 0 Å². The number of halogens is 1. The summed E-state index contributed by atoms with van der Waals surface area (Å²) in [6, 6.07) is 9.06. The predicted molar refractivity (Wildman–Crippen MR) is 77.3 cm³/mol. The fourth-order valence-corrected chi connectivity index (χ4v) is 2.30. The fraction of sp³-hybridized carbons (Fsp3) is 0.467. The molecule has 0 fully saturated rings. The van der Waals surface area contributed by atoms with Crippen molar-refractivity contribution in [3.8, 4) is 6.07 Å². The van der Waals surface area contributed by atoms with Crippen LogP contribution in [0.3, 0.4) is 0 Å². The lowest BCUT2D eigenvalue weighted by molar-refractivity contribution is 0.0793. The van der Waals surface area contributed by atoms with Gasteiger partial charge in [0.1, 0.15) is 0 Å². The molecule has 19 heavy (non-hydrogen) atoms. The summed E-state index contributed by atoms with van der Waals surface area (Å²) in [4.78, 5) is 14.5. The monoisotopic (exact) mass is 278 g/mol. The Labute approximate surface area is 119 Å². The van der Waals surface area contributed by atoms with E-state index < -0.39 is 0 Å². The molecule has 0 saturated heterocycles. The Morgan fingerprint density at radius 2 is 2.11 bits per heavy atom. The molecule has 1 aromatic rings. The summed E-state index contributed by atoms with van der Waals surface area (Å²) >= 11 is 5.91. The zero-order valence-corrected chi connectivity index (χ0v) is 12.3. The molecule has 1 unspecified atom stereocenters. The first-order valence-corrected chi connectivity index (χ1v) is 6.77. The first-order chi connectivity index (χ1) is 8.97. The van der Waals surface area contributed by atoms with Gasteiger partial charge in [-0.05, 0) is 32.9 Å². The summed E-state index contributed by atoms with van der Waals surface area (Å²) in [5.74, 6) is 0.0362. The van der Waals surface area contributed by atoms with Crippen LogP contribution in [0.5, 0.6) is 0 Å². The minimum atomic E-state index is -0.258. The average Bonchev–Trinajstić information content (AvgIpc) is 2.37. The van der Waals surface area contributed by atoms with E-state index >= 15 is 0 Å². The molecule has 0 N–H and O–H groups in total. The minimum Gasteiger partial charge on any atom is -0.292 e. The maximum absolute atomic E-state index is 12.4. The van der Waals surface area contributed by atoms with Gasteiger partial charge < -0.3 is 0 Å². The predicted octanol–water partition coefficient (Wildman–Crippen LogP) is 3.54. The van der Waals surface area contributed by atoms with Gasteiger partial charge in [-0.3, -0.25) is 9.69 Å². The van der Waals surface area contributed by atoms with Crippen LogP contribution in [0.2, 0.25) is 5.02 Å². The minimum absolute atomic E-state index is 0.0362. The van der Waals surface area contributed by atoms with Crippen LogP contribution in [-0.4, -0.2) is 29.3 Å². The molecule has 4 heteroatoms. The van der Waals surface area contributed by atoms with E-state index in [1.165, 1.54) is 0 Å². The molecule has 0 bridgehead atoms. The number of nitriles is 1. The van der Waals surface area contributed by atoms with Crippen molar-refractivity contribution in [2.45, 2.75) is 39.3 Å². The van der Waals surface area contributed by atoms with Crippen LogP contribution in [0.25, 0.3) is 0 Å². The first-order valence-electron chi connectivity index (χ1n) is 6.39. The second kappa shape index (κ2) is 7.28. The number of carbonyl (C=O) groups excluding carboxylic acids is 1. The molecule has 0 aromatic heterocycles. The van der Waals surface area contributed by atoms with Crippen LogP contribution in [-0.2, 0) is 0 Å². The Hall–Kier alpha value is -1.37. The summed E-state index contributed by atoms with van der Waals surface area (Å²) in [6.07, 6.45) is 0.422. The molecule has 0 saturated carbocycles. The number of Topliss-reactive ketones (excluding diaryl/α,β-unsaturated/α-hetero) is 1. The number of hydrogen-bond acceptors (Lipinski definition) is 3. The average molecular weight is 279 g/mol. The van der Waals surface area contributed by atoms with E-state index in [0.717, 1.165) is 0 Å². The Bertz CT molecular complexity index is 479. The number of rotatable bonds is 6. The summed E-state index contributed by atoms with van der Waals surface area (Å²) < 4.78 is 0. The summed E-state index contributed by atoms with van der Waals surface area (Å²) in [7, 11) is 0. The molecule has 1 atom stereocenters. The smallest absolute Gasteiger partial charge is 0.179 e. The zero-order chi connectivity index (χ0) is 14.4. The maximum Gasteiger partial charge on any atom is 0.179 e. The number of ketones is 1. The molecule has 0 amide bonds. The van der Waals surface area contributed by atoms with Crippen molar-refractivity contribution in [3.63, 3.8) is 0 Å². The molecule has 0 aliphatic rings. The lowest BCUT2D eigenvalue weighted by atomic mass is 10.0. The third-order valence-corrected chi connectivity index (χ3v) is 3.37. The van der Waals surface area contributed by atoms with Gasteiger partial charge in [0.05, 0.1) is 12.1 Å². The molecule has 0 spiro atoms. The zero-order valence-electron chi connectivity index (χ0n) is 11.6. The molecule has 0 radical (unpaired) electrons. The van der Waals surface area contributed by atoms with Crippen molar-refractivity contribution in [1.82, 2.24) is 4.90 Å². The molecule has 0 heterocycles. The van der Waals surface area contributed by atoms with E-state index in [-0.39, 0.29) is 17.9 Å². The number of benzene rings is 1. The van der Waals surface area contributed by atoms with Crippen molar-refractivity contribution in [2.75, 3.05) is 6.54 Å². The quantitative estimate of drug-likeness (QED) is 0.748.